The third-order valence-corrected chi connectivity index (χ3v) is 16.3. The average molecular weight is 611 g/mol. The van der Waals surface area contributed by atoms with E-state index in [2.05, 4.69) is 78.0 Å². The molecule has 4 saturated carbocycles. The Morgan fingerprint density at radius 3 is 2.32 bits per heavy atom. The van der Waals surface area contributed by atoms with Gasteiger partial charge in [0, 0.05) is 25.0 Å². The normalized spacial score (nSPS) is 47.2. The van der Waals surface area contributed by atoms with Crippen LogP contribution in [0.1, 0.15) is 125 Å². The van der Waals surface area contributed by atoms with E-state index < -0.39 is 0 Å². The number of alkyl halides is 1. The molecular weight excluding hydrogens is 543 g/mol. The molecule has 0 amide bonds. The lowest BCUT2D eigenvalue weighted by Gasteiger charge is -2.72. The first kappa shape index (κ1) is 33.2. The fourth-order valence-corrected chi connectivity index (χ4v) is 13.5. The minimum Gasteiger partial charge on any atom is -0.391 e. The Labute approximate surface area is 270 Å². The fourth-order valence-electron chi connectivity index (χ4n) is 13.5. The third-order valence-electron chi connectivity index (χ3n) is 16.3. The molecule has 6 rings (SSSR count). The zero-order chi connectivity index (χ0) is 31.8. The van der Waals surface area contributed by atoms with E-state index in [4.69, 9.17) is 0 Å². The maximum atomic E-state index is 13.8. The highest BCUT2D eigenvalue weighted by Crippen LogP contribution is 2.77. The molecule has 4 heteroatoms. The second-order valence-electron chi connectivity index (χ2n) is 18.8. The Bertz CT molecular complexity index is 1140. The highest BCUT2D eigenvalue weighted by Gasteiger charge is 2.70. The highest BCUT2D eigenvalue weighted by atomic mass is 19.1. The molecule has 6 aliphatic rings. The quantitative estimate of drug-likeness (QED) is 0.269. The van der Waals surface area contributed by atoms with Crippen LogP contribution < -0.4 is 5.32 Å². The first-order valence-corrected chi connectivity index (χ1v) is 18.7. The number of allylic oxidation sites excluding steroid dienone is 4. The molecule has 0 aromatic heterocycles. The topological polar surface area (TPSA) is 35.5 Å². The Morgan fingerprint density at radius 1 is 0.864 bits per heavy atom. The molecule has 6 aliphatic carbocycles. The van der Waals surface area contributed by atoms with Crippen LogP contribution in [0, 0.1) is 56.2 Å². The third kappa shape index (κ3) is 4.87. The Balaban J connectivity index is 1.24. The molecule has 0 bridgehead atoms. The molecule has 0 heterocycles. The van der Waals surface area contributed by atoms with E-state index in [-0.39, 0.29) is 29.0 Å². The number of hydrogen-bond donors (Lipinski definition) is 2. The van der Waals surface area contributed by atoms with Crippen molar-refractivity contribution in [2.45, 2.75) is 131 Å². The Morgan fingerprint density at radius 2 is 1.64 bits per heavy atom. The van der Waals surface area contributed by atoms with E-state index in [0.717, 1.165) is 50.7 Å². The van der Waals surface area contributed by atoms with Crippen molar-refractivity contribution in [1.82, 2.24) is 10.2 Å². The minimum absolute atomic E-state index is 0.121. The molecule has 250 valence electrons. The molecule has 10 atom stereocenters. The number of likely N-dealkylation sites (N-methyl/N-ethyl adjacent to an activating group) is 1. The van der Waals surface area contributed by atoms with E-state index in [1.165, 1.54) is 69.8 Å². The van der Waals surface area contributed by atoms with E-state index in [0.29, 0.717) is 28.1 Å². The highest BCUT2D eigenvalue weighted by molar-refractivity contribution is 5.41. The molecule has 44 heavy (non-hydrogen) atoms. The maximum absolute atomic E-state index is 13.8. The number of hydrogen-bond acceptors (Lipinski definition) is 3. The summed E-state index contributed by atoms with van der Waals surface area (Å²) in [4.78, 5) is 2.22. The van der Waals surface area contributed by atoms with Gasteiger partial charge in [0.25, 0.3) is 0 Å². The van der Waals surface area contributed by atoms with Gasteiger partial charge in [-0.3, -0.25) is 4.39 Å². The van der Waals surface area contributed by atoms with Gasteiger partial charge >= 0.3 is 0 Å². The predicted molar refractivity (Wildman–Crippen MR) is 182 cm³/mol. The lowest BCUT2D eigenvalue weighted by atomic mass is 9.32. The van der Waals surface area contributed by atoms with Crippen molar-refractivity contribution in [3.8, 4) is 0 Å². The van der Waals surface area contributed by atoms with Gasteiger partial charge < -0.3 is 15.3 Å². The van der Waals surface area contributed by atoms with E-state index in [9.17, 15) is 9.50 Å². The first-order chi connectivity index (χ1) is 20.7. The van der Waals surface area contributed by atoms with E-state index >= 15 is 0 Å². The fraction of sp³-hybridized carbons (Fsp3) is 0.900. The van der Waals surface area contributed by atoms with Crippen LogP contribution in [0.4, 0.5) is 4.39 Å². The second kappa shape index (κ2) is 11.5. The summed E-state index contributed by atoms with van der Waals surface area (Å²) in [6, 6.07) is 0. The number of nitrogens with zero attached hydrogens (tertiary/aromatic N) is 1. The second-order valence-corrected chi connectivity index (χ2v) is 18.8. The number of halogens is 1. The number of nitrogens with one attached hydrogen (secondary N) is 1. The molecule has 0 saturated heterocycles. The van der Waals surface area contributed by atoms with E-state index in [1.807, 2.05) is 0 Å². The molecule has 0 aliphatic heterocycles. The monoisotopic (exact) mass is 611 g/mol. The van der Waals surface area contributed by atoms with Gasteiger partial charge in [-0.1, -0.05) is 60.1 Å². The lowest BCUT2D eigenvalue weighted by molar-refractivity contribution is -0.232. The summed E-state index contributed by atoms with van der Waals surface area (Å²) in [5, 5.41) is 15.4. The summed E-state index contributed by atoms with van der Waals surface area (Å²) in [6.45, 7) is 17.9. The lowest BCUT2D eigenvalue weighted by Crippen LogP contribution is -2.66. The summed E-state index contributed by atoms with van der Waals surface area (Å²) < 4.78 is 13.8. The number of fused-ring (bicyclic) bond motifs is 7. The van der Waals surface area contributed by atoms with Crippen LogP contribution >= 0.6 is 0 Å². The molecule has 7 unspecified atom stereocenters. The Kier molecular flexibility index (Phi) is 8.65. The van der Waals surface area contributed by atoms with Crippen molar-refractivity contribution in [3.63, 3.8) is 0 Å². The van der Waals surface area contributed by atoms with Crippen molar-refractivity contribution >= 4 is 0 Å². The summed E-state index contributed by atoms with van der Waals surface area (Å²) in [7, 11) is 4.25. The smallest absolute Gasteiger partial charge is 0.0951 e. The standard InChI is InChI=1S/C40H67FN2O/c1-35(2)29(28-13-18-36(3,27-41)19-14-28)15-20-37(4)32(35)16-21-39(6)33(37)12-11-30-31-10-9-17-40(31,23-22-38(30,39)5)34(44)26-42-24-25-43(7)8/h13,15,30-34,42,44H,9-12,14,16-27H2,1-8H3/t30?,31-,32?,33?,34?,36-,37?,38-,39?,40?/m1/s1. The van der Waals surface area contributed by atoms with Gasteiger partial charge in [0.2, 0.25) is 0 Å². The zero-order valence-electron chi connectivity index (χ0n) is 29.8. The van der Waals surface area contributed by atoms with Gasteiger partial charge in [0.1, 0.15) is 0 Å². The van der Waals surface area contributed by atoms with Crippen molar-refractivity contribution in [2.24, 2.45) is 56.2 Å². The summed E-state index contributed by atoms with van der Waals surface area (Å²) in [5.74, 6) is 2.89. The van der Waals surface area contributed by atoms with Crippen LogP contribution in [0.15, 0.2) is 23.3 Å². The molecular formula is C40H67FN2O. The molecule has 3 nitrogen and oxygen atoms in total. The van der Waals surface area contributed by atoms with Gasteiger partial charge in [0.15, 0.2) is 0 Å². The predicted octanol–water partition coefficient (Wildman–Crippen LogP) is 8.98. The molecule has 4 fully saturated rings. The van der Waals surface area contributed by atoms with Crippen LogP contribution in [-0.4, -0.2) is 56.5 Å². The van der Waals surface area contributed by atoms with Crippen molar-refractivity contribution in [1.29, 1.82) is 0 Å². The number of aliphatic hydroxyl groups is 1. The molecule has 2 N–H and O–H groups in total. The van der Waals surface area contributed by atoms with Crippen molar-refractivity contribution in [2.75, 3.05) is 40.4 Å². The van der Waals surface area contributed by atoms with Gasteiger partial charge in [-0.25, -0.2) is 0 Å². The zero-order valence-corrected chi connectivity index (χ0v) is 29.8. The van der Waals surface area contributed by atoms with Gasteiger partial charge in [-0.05, 0) is 153 Å². The van der Waals surface area contributed by atoms with E-state index in [1.54, 1.807) is 5.57 Å². The molecule has 0 radical (unpaired) electrons. The SMILES string of the molecule is CN(C)CCNCC(O)C12CCC[C@@H]1C1CCC3C4(C)CC=C(C5=CC[C@@](C)(CF)CC5)C(C)(C)C4CCC3(C)[C@]1(C)CC2. The van der Waals surface area contributed by atoms with Crippen LogP contribution in [0.5, 0.6) is 0 Å². The average Bonchev–Trinajstić information content (AvgIpc) is 3.41. The Hall–Kier alpha value is -0.710. The first-order valence-electron chi connectivity index (χ1n) is 18.7. The minimum atomic E-state index is -0.222. The number of rotatable bonds is 8. The molecule has 0 spiro atoms. The van der Waals surface area contributed by atoms with Gasteiger partial charge in [0.05, 0.1) is 12.8 Å². The van der Waals surface area contributed by atoms with Crippen LogP contribution in [0.3, 0.4) is 0 Å². The van der Waals surface area contributed by atoms with Gasteiger partial charge in [-0.15, -0.1) is 0 Å². The van der Waals surface area contributed by atoms with Crippen LogP contribution in [-0.2, 0) is 0 Å². The van der Waals surface area contributed by atoms with Crippen molar-refractivity contribution in [3.05, 3.63) is 23.3 Å². The summed E-state index contributed by atoms with van der Waals surface area (Å²) >= 11 is 0. The molecule has 0 aromatic rings. The summed E-state index contributed by atoms with van der Waals surface area (Å²) in [6.07, 6.45) is 20.8. The van der Waals surface area contributed by atoms with Crippen LogP contribution in [0.2, 0.25) is 0 Å². The van der Waals surface area contributed by atoms with Crippen molar-refractivity contribution < 1.29 is 9.50 Å². The van der Waals surface area contributed by atoms with Crippen LogP contribution in [0.25, 0.3) is 0 Å². The summed E-state index contributed by atoms with van der Waals surface area (Å²) in [5.41, 5.74) is 4.31. The van der Waals surface area contributed by atoms with Gasteiger partial charge in [-0.2, -0.15) is 0 Å². The maximum Gasteiger partial charge on any atom is 0.0951 e. The molecule has 0 aromatic carbocycles. The largest absolute Gasteiger partial charge is 0.391 e. The number of aliphatic hydroxyl groups excluding tert-OH is 1.